The molecule has 0 unspecified atom stereocenters. The third-order valence-electron chi connectivity index (χ3n) is 5.01. The Hall–Kier alpha value is -1.56. The van der Waals surface area contributed by atoms with Gasteiger partial charge in [0.25, 0.3) is 0 Å². The molecular weight excluding hydrogens is 264 g/mol. The predicted octanol–water partition coefficient (Wildman–Crippen LogP) is 6.95. The van der Waals surface area contributed by atoms with E-state index in [0.717, 1.165) is 0 Å². The van der Waals surface area contributed by atoms with E-state index in [-0.39, 0.29) is 0 Å². The molecule has 0 heterocycles. The third kappa shape index (κ3) is 3.11. The second-order valence-corrected chi connectivity index (χ2v) is 6.12. The minimum Gasteiger partial charge on any atom is -0.0697 e. The van der Waals surface area contributed by atoms with Gasteiger partial charge in [-0.15, -0.1) is 0 Å². The van der Waals surface area contributed by atoms with Crippen LogP contribution in [0, 0.1) is 5.92 Å². The summed E-state index contributed by atoms with van der Waals surface area (Å²) in [7, 11) is 0. The van der Waals surface area contributed by atoms with Crippen LogP contribution in [0.1, 0.15) is 65.9 Å². The van der Waals surface area contributed by atoms with Crippen LogP contribution in [0.3, 0.4) is 0 Å². The maximum atomic E-state index is 2.51. The van der Waals surface area contributed by atoms with E-state index in [1.54, 1.807) is 22.3 Å². The van der Waals surface area contributed by atoms with Crippen molar-refractivity contribution in [1.29, 1.82) is 0 Å². The second-order valence-electron chi connectivity index (χ2n) is 6.12. The smallest absolute Gasteiger partial charge is 0.0204 e. The molecule has 0 aliphatic heterocycles. The molecular formula is C22H30. The SMILES string of the molecule is CCC1=C(CC)C(/C=C(\C)c2ccccc2)C(CC)=C1CC. The lowest BCUT2D eigenvalue weighted by molar-refractivity contribution is 0.806. The summed E-state index contributed by atoms with van der Waals surface area (Å²) in [6.45, 7) is 11.5. The van der Waals surface area contributed by atoms with Crippen molar-refractivity contribution in [1.82, 2.24) is 0 Å². The quantitative estimate of drug-likeness (QED) is 0.532. The average molecular weight is 294 g/mol. The molecule has 0 N–H and O–H groups in total. The van der Waals surface area contributed by atoms with Crippen LogP contribution in [0.2, 0.25) is 0 Å². The van der Waals surface area contributed by atoms with Crippen LogP contribution in [0.5, 0.6) is 0 Å². The molecule has 2 rings (SSSR count). The second kappa shape index (κ2) is 7.63. The van der Waals surface area contributed by atoms with E-state index in [4.69, 9.17) is 0 Å². The van der Waals surface area contributed by atoms with Gasteiger partial charge in [-0.3, -0.25) is 0 Å². The topological polar surface area (TPSA) is 0 Å². The lowest BCUT2D eigenvalue weighted by Gasteiger charge is -2.16. The highest BCUT2D eigenvalue weighted by atomic mass is 14.3. The van der Waals surface area contributed by atoms with E-state index in [2.05, 4.69) is 71.0 Å². The van der Waals surface area contributed by atoms with Crippen LogP contribution in [0.4, 0.5) is 0 Å². The third-order valence-corrected chi connectivity index (χ3v) is 5.01. The lowest BCUT2D eigenvalue weighted by Crippen LogP contribution is -2.02. The first-order valence-corrected chi connectivity index (χ1v) is 8.85. The van der Waals surface area contributed by atoms with Crippen molar-refractivity contribution < 1.29 is 0 Å². The first kappa shape index (κ1) is 16.8. The number of hydrogen-bond donors (Lipinski definition) is 0. The molecule has 0 atom stereocenters. The summed E-state index contributed by atoms with van der Waals surface area (Å²) < 4.78 is 0. The fourth-order valence-electron chi connectivity index (χ4n) is 3.97. The zero-order chi connectivity index (χ0) is 16.1. The van der Waals surface area contributed by atoms with Gasteiger partial charge in [0.05, 0.1) is 0 Å². The van der Waals surface area contributed by atoms with Gasteiger partial charge in [0.2, 0.25) is 0 Å². The first-order valence-electron chi connectivity index (χ1n) is 8.85. The van der Waals surface area contributed by atoms with Crippen molar-refractivity contribution in [2.75, 3.05) is 0 Å². The molecule has 1 aliphatic carbocycles. The highest BCUT2D eigenvalue weighted by molar-refractivity contribution is 5.66. The molecule has 0 saturated heterocycles. The van der Waals surface area contributed by atoms with Crippen LogP contribution < -0.4 is 0 Å². The highest BCUT2D eigenvalue weighted by Crippen LogP contribution is 2.44. The van der Waals surface area contributed by atoms with Crippen molar-refractivity contribution in [3.63, 3.8) is 0 Å². The van der Waals surface area contributed by atoms with Crippen molar-refractivity contribution in [3.8, 4) is 0 Å². The number of hydrogen-bond acceptors (Lipinski definition) is 0. The van der Waals surface area contributed by atoms with E-state index in [9.17, 15) is 0 Å². The Balaban J connectivity index is 2.48. The van der Waals surface area contributed by atoms with Gasteiger partial charge in [-0.2, -0.15) is 0 Å². The van der Waals surface area contributed by atoms with Gasteiger partial charge >= 0.3 is 0 Å². The zero-order valence-corrected chi connectivity index (χ0v) is 14.9. The number of rotatable bonds is 6. The summed E-state index contributed by atoms with van der Waals surface area (Å²) in [4.78, 5) is 0. The molecule has 0 radical (unpaired) electrons. The Kier molecular flexibility index (Phi) is 5.83. The van der Waals surface area contributed by atoms with Crippen LogP contribution in [0.15, 0.2) is 58.7 Å². The highest BCUT2D eigenvalue weighted by Gasteiger charge is 2.28. The molecule has 22 heavy (non-hydrogen) atoms. The van der Waals surface area contributed by atoms with Crippen molar-refractivity contribution >= 4 is 5.57 Å². The molecule has 1 aliphatic rings. The van der Waals surface area contributed by atoms with E-state index in [0.29, 0.717) is 5.92 Å². The first-order chi connectivity index (χ1) is 10.7. The predicted molar refractivity (Wildman–Crippen MR) is 98.8 cm³/mol. The lowest BCUT2D eigenvalue weighted by atomic mass is 9.88. The summed E-state index contributed by atoms with van der Waals surface area (Å²) in [5.41, 5.74) is 9.34. The normalized spacial score (nSPS) is 16.9. The summed E-state index contributed by atoms with van der Waals surface area (Å²) in [6.07, 6.45) is 7.18. The van der Waals surface area contributed by atoms with Crippen molar-refractivity contribution in [2.24, 2.45) is 5.92 Å². The molecule has 1 aromatic carbocycles. The van der Waals surface area contributed by atoms with Gasteiger partial charge in [-0.25, -0.2) is 0 Å². The molecule has 0 bridgehead atoms. The van der Waals surface area contributed by atoms with Crippen LogP contribution in [0.25, 0.3) is 5.57 Å². The standard InChI is InChI=1S/C22H30/c1-6-18-19(7-2)21(9-4)22(20(18)8-3)15-16(5)17-13-11-10-12-14-17/h10-15,22H,6-9H2,1-5H3/b16-15+. The van der Waals surface area contributed by atoms with Gasteiger partial charge in [0, 0.05) is 5.92 Å². The monoisotopic (exact) mass is 294 g/mol. The fraction of sp³-hybridized carbons (Fsp3) is 0.455. The molecule has 0 nitrogen and oxygen atoms in total. The van der Waals surface area contributed by atoms with E-state index >= 15 is 0 Å². The molecule has 0 aromatic heterocycles. The van der Waals surface area contributed by atoms with Gasteiger partial charge in [-0.1, -0.05) is 75.2 Å². The summed E-state index contributed by atoms with van der Waals surface area (Å²) in [6, 6.07) is 10.8. The summed E-state index contributed by atoms with van der Waals surface area (Å²) in [5, 5.41) is 0. The van der Waals surface area contributed by atoms with Crippen LogP contribution >= 0.6 is 0 Å². The molecule has 0 saturated carbocycles. The summed E-state index contributed by atoms with van der Waals surface area (Å²) >= 11 is 0. The van der Waals surface area contributed by atoms with Crippen molar-refractivity contribution in [3.05, 3.63) is 64.3 Å². The average Bonchev–Trinajstić information content (AvgIpc) is 2.86. The van der Waals surface area contributed by atoms with Gasteiger partial charge in [0.1, 0.15) is 0 Å². The van der Waals surface area contributed by atoms with E-state index in [1.807, 2.05) is 0 Å². The molecule has 118 valence electrons. The molecule has 0 fully saturated rings. The Morgan fingerprint density at radius 2 is 1.32 bits per heavy atom. The maximum absolute atomic E-state index is 2.51. The minimum atomic E-state index is 0.528. The fourth-order valence-corrected chi connectivity index (χ4v) is 3.97. The Morgan fingerprint density at radius 1 is 0.818 bits per heavy atom. The molecule has 0 spiro atoms. The van der Waals surface area contributed by atoms with Crippen LogP contribution in [-0.4, -0.2) is 0 Å². The van der Waals surface area contributed by atoms with E-state index in [1.165, 1.54) is 36.8 Å². The zero-order valence-electron chi connectivity index (χ0n) is 14.9. The van der Waals surface area contributed by atoms with Crippen molar-refractivity contribution in [2.45, 2.75) is 60.3 Å². The largest absolute Gasteiger partial charge is 0.0697 e. The Morgan fingerprint density at radius 3 is 1.73 bits per heavy atom. The van der Waals surface area contributed by atoms with Crippen LogP contribution in [-0.2, 0) is 0 Å². The number of allylic oxidation sites excluding steroid dienone is 6. The molecule has 0 amide bonds. The Labute approximate surface area is 136 Å². The summed E-state index contributed by atoms with van der Waals surface area (Å²) in [5.74, 6) is 0.528. The maximum Gasteiger partial charge on any atom is 0.0204 e. The Bertz CT molecular complexity index is 568. The molecule has 0 heteroatoms. The van der Waals surface area contributed by atoms with E-state index < -0.39 is 0 Å². The molecule has 1 aromatic rings. The number of benzene rings is 1. The van der Waals surface area contributed by atoms with Gasteiger partial charge in [0.15, 0.2) is 0 Å². The minimum absolute atomic E-state index is 0.528. The van der Waals surface area contributed by atoms with Gasteiger partial charge < -0.3 is 0 Å². The van der Waals surface area contributed by atoms with Gasteiger partial charge in [-0.05, 0) is 54.9 Å².